The molecule has 16 heavy (non-hydrogen) atoms. The van der Waals surface area contributed by atoms with Crippen molar-refractivity contribution < 1.29 is 9.90 Å². The molecule has 0 spiro atoms. The minimum atomic E-state index is -0.845. The maximum Gasteiger partial charge on any atom is 0.315 e. The highest BCUT2D eigenvalue weighted by Crippen LogP contribution is 2.40. The molecule has 1 saturated carbocycles. The fourth-order valence-electron chi connectivity index (χ4n) is 2.39. The zero-order valence-corrected chi connectivity index (χ0v) is 9.23. The van der Waals surface area contributed by atoms with E-state index in [1.165, 1.54) is 0 Å². The lowest BCUT2D eigenvalue weighted by Crippen LogP contribution is -2.34. The van der Waals surface area contributed by atoms with Crippen LogP contribution >= 0.6 is 0 Å². The van der Waals surface area contributed by atoms with Gasteiger partial charge in [0.05, 0.1) is 5.69 Å². The molecule has 0 saturated heterocycles. The van der Waals surface area contributed by atoms with Gasteiger partial charge in [-0.05, 0) is 25.8 Å². The second kappa shape index (κ2) is 3.73. The first-order valence-electron chi connectivity index (χ1n) is 5.40. The minimum absolute atomic E-state index is 0.155. The second-order valence-corrected chi connectivity index (χ2v) is 4.35. The molecule has 1 fully saturated rings. The molecule has 1 aromatic heterocycles. The Morgan fingerprint density at radius 1 is 1.44 bits per heavy atom. The van der Waals surface area contributed by atoms with E-state index in [1.807, 2.05) is 0 Å². The maximum atomic E-state index is 11.4. The molecule has 1 heterocycles. The van der Waals surface area contributed by atoms with Gasteiger partial charge in [-0.3, -0.25) is 4.79 Å². The van der Waals surface area contributed by atoms with Crippen LogP contribution in [0.15, 0.2) is 6.07 Å². The summed E-state index contributed by atoms with van der Waals surface area (Å²) in [5.41, 5.74) is 6.00. The van der Waals surface area contributed by atoms with E-state index in [1.54, 1.807) is 13.0 Å². The third-order valence-corrected chi connectivity index (χ3v) is 3.23. The number of nitrogens with zero attached hydrogens (tertiary/aromatic N) is 2. The highest BCUT2D eigenvalue weighted by molar-refractivity contribution is 5.81. The molecule has 0 unspecified atom stereocenters. The zero-order chi connectivity index (χ0) is 11.8. The lowest BCUT2D eigenvalue weighted by atomic mass is 9.82. The first kappa shape index (κ1) is 10.9. The van der Waals surface area contributed by atoms with Crippen molar-refractivity contribution in [3.8, 4) is 0 Å². The number of aromatic nitrogens is 2. The van der Waals surface area contributed by atoms with E-state index in [-0.39, 0.29) is 5.95 Å². The van der Waals surface area contributed by atoms with Gasteiger partial charge in [0.15, 0.2) is 0 Å². The largest absolute Gasteiger partial charge is 0.481 e. The van der Waals surface area contributed by atoms with E-state index in [0.717, 1.165) is 18.5 Å². The number of carboxylic acids is 1. The average Bonchev–Trinajstić information content (AvgIpc) is 2.65. The molecule has 5 heteroatoms. The Morgan fingerprint density at radius 3 is 2.56 bits per heavy atom. The summed E-state index contributed by atoms with van der Waals surface area (Å²) >= 11 is 0. The standard InChI is InChI=1S/C11H15N3O2/c1-7-6-8(14-10(12)13-7)11(9(15)16)4-2-3-5-11/h6H,2-5H2,1H3,(H,15,16)(H2,12,13,14). The molecule has 1 aromatic rings. The van der Waals surface area contributed by atoms with Crippen LogP contribution in [0.1, 0.15) is 37.1 Å². The Morgan fingerprint density at radius 2 is 2.06 bits per heavy atom. The first-order chi connectivity index (χ1) is 7.54. The van der Waals surface area contributed by atoms with Crippen LogP contribution in [-0.4, -0.2) is 21.0 Å². The van der Waals surface area contributed by atoms with Gasteiger partial charge in [0.1, 0.15) is 5.41 Å². The Bertz CT molecular complexity index is 405. The highest BCUT2D eigenvalue weighted by Gasteiger charge is 2.44. The average molecular weight is 221 g/mol. The van der Waals surface area contributed by atoms with Gasteiger partial charge in [-0.2, -0.15) is 0 Å². The van der Waals surface area contributed by atoms with Gasteiger partial charge in [0, 0.05) is 5.69 Å². The van der Waals surface area contributed by atoms with Crippen LogP contribution in [0.2, 0.25) is 0 Å². The topological polar surface area (TPSA) is 89.1 Å². The molecule has 2 rings (SSSR count). The predicted octanol–water partition coefficient (Wildman–Crippen LogP) is 1.26. The summed E-state index contributed by atoms with van der Waals surface area (Å²) < 4.78 is 0. The third kappa shape index (κ3) is 1.62. The van der Waals surface area contributed by atoms with Crippen LogP contribution in [0.3, 0.4) is 0 Å². The molecular formula is C11H15N3O2. The number of nitrogen functional groups attached to an aromatic ring is 1. The lowest BCUT2D eigenvalue weighted by Gasteiger charge is -2.23. The van der Waals surface area contributed by atoms with Gasteiger partial charge in [-0.15, -0.1) is 0 Å². The van der Waals surface area contributed by atoms with E-state index >= 15 is 0 Å². The van der Waals surface area contributed by atoms with Crippen molar-refractivity contribution in [2.75, 3.05) is 5.73 Å². The number of hydrogen-bond donors (Lipinski definition) is 2. The molecule has 3 N–H and O–H groups in total. The summed E-state index contributed by atoms with van der Waals surface area (Å²) in [5, 5.41) is 9.40. The third-order valence-electron chi connectivity index (χ3n) is 3.23. The Kier molecular flexibility index (Phi) is 2.53. The fraction of sp³-hybridized carbons (Fsp3) is 0.545. The molecular weight excluding hydrogens is 206 g/mol. The minimum Gasteiger partial charge on any atom is -0.481 e. The van der Waals surface area contributed by atoms with Crippen molar-refractivity contribution in [2.45, 2.75) is 38.0 Å². The monoisotopic (exact) mass is 221 g/mol. The van der Waals surface area contributed by atoms with E-state index in [4.69, 9.17) is 5.73 Å². The molecule has 0 amide bonds. The van der Waals surface area contributed by atoms with E-state index in [2.05, 4.69) is 9.97 Å². The summed E-state index contributed by atoms with van der Waals surface area (Å²) in [6.45, 7) is 1.80. The van der Waals surface area contributed by atoms with Crippen molar-refractivity contribution in [3.05, 3.63) is 17.5 Å². The summed E-state index contributed by atoms with van der Waals surface area (Å²) in [6.07, 6.45) is 3.13. The first-order valence-corrected chi connectivity index (χ1v) is 5.40. The predicted molar refractivity (Wildman–Crippen MR) is 59.0 cm³/mol. The number of carboxylic acid groups (broad SMARTS) is 1. The number of nitrogens with two attached hydrogens (primary N) is 1. The number of hydrogen-bond acceptors (Lipinski definition) is 4. The number of carbonyl (C=O) groups is 1. The van der Waals surface area contributed by atoms with Gasteiger partial charge in [-0.1, -0.05) is 12.8 Å². The zero-order valence-electron chi connectivity index (χ0n) is 9.23. The van der Waals surface area contributed by atoms with Crippen LogP contribution in [0.25, 0.3) is 0 Å². The summed E-state index contributed by atoms with van der Waals surface area (Å²) in [5.74, 6) is -0.648. The van der Waals surface area contributed by atoms with Crippen molar-refractivity contribution in [3.63, 3.8) is 0 Å². The summed E-state index contributed by atoms with van der Waals surface area (Å²) in [6, 6.07) is 1.73. The SMILES string of the molecule is Cc1cc(C2(C(=O)O)CCCC2)nc(N)n1. The maximum absolute atomic E-state index is 11.4. The molecule has 1 aliphatic carbocycles. The number of rotatable bonds is 2. The van der Waals surface area contributed by atoms with E-state index in [9.17, 15) is 9.90 Å². The Labute approximate surface area is 93.7 Å². The lowest BCUT2D eigenvalue weighted by molar-refractivity contribution is -0.143. The Balaban J connectivity index is 2.51. The molecule has 5 nitrogen and oxygen atoms in total. The number of aliphatic carboxylic acids is 1. The normalized spacial score (nSPS) is 18.6. The summed E-state index contributed by atoms with van der Waals surface area (Å²) in [7, 11) is 0. The molecule has 86 valence electrons. The molecule has 0 atom stereocenters. The molecule has 0 bridgehead atoms. The van der Waals surface area contributed by atoms with Crippen molar-refractivity contribution in [1.82, 2.24) is 9.97 Å². The van der Waals surface area contributed by atoms with Gasteiger partial charge < -0.3 is 10.8 Å². The van der Waals surface area contributed by atoms with Crippen molar-refractivity contribution in [1.29, 1.82) is 0 Å². The summed E-state index contributed by atoms with van der Waals surface area (Å²) in [4.78, 5) is 19.5. The number of aryl methyl sites for hydroxylation is 1. The number of anilines is 1. The van der Waals surface area contributed by atoms with Crippen LogP contribution in [0, 0.1) is 6.92 Å². The quantitative estimate of drug-likeness (QED) is 0.784. The van der Waals surface area contributed by atoms with Gasteiger partial charge >= 0.3 is 5.97 Å². The molecule has 0 radical (unpaired) electrons. The molecule has 0 aliphatic heterocycles. The van der Waals surface area contributed by atoms with Crippen LogP contribution in [-0.2, 0) is 10.2 Å². The van der Waals surface area contributed by atoms with E-state index in [0.29, 0.717) is 18.5 Å². The van der Waals surface area contributed by atoms with Crippen LogP contribution < -0.4 is 5.73 Å². The second-order valence-electron chi connectivity index (χ2n) is 4.35. The van der Waals surface area contributed by atoms with E-state index < -0.39 is 11.4 Å². The van der Waals surface area contributed by atoms with Crippen molar-refractivity contribution >= 4 is 11.9 Å². The van der Waals surface area contributed by atoms with Crippen molar-refractivity contribution in [2.24, 2.45) is 0 Å². The molecule has 1 aliphatic rings. The van der Waals surface area contributed by atoms with Gasteiger partial charge in [0.25, 0.3) is 0 Å². The van der Waals surface area contributed by atoms with Crippen LogP contribution in [0.4, 0.5) is 5.95 Å². The molecule has 0 aromatic carbocycles. The van der Waals surface area contributed by atoms with Crippen LogP contribution in [0.5, 0.6) is 0 Å². The van der Waals surface area contributed by atoms with Gasteiger partial charge in [-0.25, -0.2) is 9.97 Å². The smallest absolute Gasteiger partial charge is 0.315 e. The van der Waals surface area contributed by atoms with Gasteiger partial charge in [0.2, 0.25) is 5.95 Å². The Hall–Kier alpha value is -1.65. The highest BCUT2D eigenvalue weighted by atomic mass is 16.4. The fourth-order valence-corrected chi connectivity index (χ4v) is 2.39.